The van der Waals surface area contributed by atoms with Crippen LogP contribution in [0.4, 0.5) is 4.39 Å². The molecule has 0 amide bonds. The number of hydrogen-bond acceptors (Lipinski definition) is 0. The van der Waals surface area contributed by atoms with Crippen LogP contribution in [-0.4, -0.2) is 6.17 Å². The van der Waals surface area contributed by atoms with Crippen molar-refractivity contribution in [1.82, 2.24) is 0 Å². The van der Waals surface area contributed by atoms with E-state index in [0.717, 1.165) is 6.42 Å². The van der Waals surface area contributed by atoms with Gasteiger partial charge in [-0.15, -0.1) is 0 Å². The molecule has 0 N–H and O–H groups in total. The van der Waals surface area contributed by atoms with Crippen LogP contribution in [0.15, 0.2) is 12.2 Å². The Hall–Kier alpha value is -0.330. The average molecular weight is 130 g/mol. The summed E-state index contributed by atoms with van der Waals surface area (Å²) in [6.45, 7) is 3.68. The second-order valence-corrected chi connectivity index (χ2v) is 2.25. The molecule has 1 heteroatoms. The van der Waals surface area contributed by atoms with Crippen LogP contribution in [0.3, 0.4) is 0 Å². The van der Waals surface area contributed by atoms with Crippen molar-refractivity contribution in [2.24, 2.45) is 0 Å². The lowest BCUT2D eigenvalue weighted by Crippen LogP contribution is -1.82. The highest BCUT2D eigenvalue weighted by atomic mass is 19.1. The molecule has 0 aliphatic heterocycles. The maximum atomic E-state index is 12.0. The number of rotatable bonds is 4. The van der Waals surface area contributed by atoms with Crippen LogP contribution in [-0.2, 0) is 0 Å². The van der Waals surface area contributed by atoms with Crippen LogP contribution in [0.5, 0.6) is 0 Å². The predicted molar refractivity (Wildman–Crippen MR) is 39.2 cm³/mol. The van der Waals surface area contributed by atoms with Crippen molar-refractivity contribution in [3.63, 3.8) is 0 Å². The first-order valence-corrected chi connectivity index (χ1v) is 3.58. The fraction of sp³-hybridized carbons (Fsp3) is 0.750. The summed E-state index contributed by atoms with van der Waals surface area (Å²) in [4.78, 5) is 0. The molecule has 0 spiro atoms. The summed E-state index contributed by atoms with van der Waals surface area (Å²) >= 11 is 0. The van der Waals surface area contributed by atoms with E-state index in [4.69, 9.17) is 0 Å². The fourth-order valence-electron chi connectivity index (χ4n) is 0.606. The highest BCUT2D eigenvalue weighted by Gasteiger charge is 1.85. The Morgan fingerprint density at radius 3 is 2.67 bits per heavy atom. The molecule has 54 valence electrons. The second kappa shape index (κ2) is 5.80. The van der Waals surface area contributed by atoms with Crippen molar-refractivity contribution in [3.05, 3.63) is 12.2 Å². The van der Waals surface area contributed by atoms with Gasteiger partial charge in [0.15, 0.2) is 0 Å². The summed E-state index contributed by atoms with van der Waals surface area (Å²) in [5, 5.41) is 0. The smallest absolute Gasteiger partial charge is 0.115 e. The number of halogens is 1. The van der Waals surface area contributed by atoms with Gasteiger partial charge in [-0.1, -0.05) is 31.9 Å². The third-order valence-corrected chi connectivity index (χ3v) is 1.13. The van der Waals surface area contributed by atoms with Crippen LogP contribution in [0, 0.1) is 0 Å². The minimum atomic E-state index is -0.776. The van der Waals surface area contributed by atoms with Crippen molar-refractivity contribution in [1.29, 1.82) is 0 Å². The third-order valence-electron chi connectivity index (χ3n) is 1.13. The van der Waals surface area contributed by atoms with E-state index in [1.165, 1.54) is 12.8 Å². The third kappa shape index (κ3) is 7.67. The van der Waals surface area contributed by atoms with Crippen molar-refractivity contribution in [2.75, 3.05) is 0 Å². The van der Waals surface area contributed by atoms with Crippen molar-refractivity contribution in [3.8, 4) is 0 Å². The highest BCUT2D eigenvalue weighted by Crippen LogP contribution is 1.97. The van der Waals surface area contributed by atoms with Gasteiger partial charge in [0.2, 0.25) is 0 Å². The Morgan fingerprint density at radius 2 is 2.22 bits per heavy atom. The van der Waals surface area contributed by atoms with E-state index >= 15 is 0 Å². The molecule has 1 unspecified atom stereocenters. The Kier molecular flexibility index (Phi) is 5.59. The molecule has 0 aromatic rings. The van der Waals surface area contributed by atoms with E-state index in [2.05, 4.69) is 6.92 Å². The highest BCUT2D eigenvalue weighted by molar-refractivity contribution is 4.85. The van der Waals surface area contributed by atoms with Gasteiger partial charge in [0.05, 0.1) is 0 Å². The van der Waals surface area contributed by atoms with Gasteiger partial charge in [0.25, 0.3) is 0 Å². The predicted octanol–water partition coefficient (Wildman–Crippen LogP) is 3.09. The molecule has 0 bridgehead atoms. The van der Waals surface area contributed by atoms with Gasteiger partial charge in [0, 0.05) is 0 Å². The molecule has 0 saturated carbocycles. The van der Waals surface area contributed by atoms with Gasteiger partial charge in [0.1, 0.15) is 6.17 Å². The standard InChI is InChI=1S/C8H15F/c1-3-4-5-6-7-8(2)9/h6-8H,3-5H2,1-2H3/b7-6-. The molecule has 1 atom stereocenters. The zero-order valence-electron chi connectivity index (χ0n) is 6.23. The van der Waals surface area contributed by atoms with Crippen LogP contribution in [0.1, 0.15) is 33.1 Å². The van der Waals surface area contributed by atoms with E-state index in [1.54, 1.807) is 13.0 Å². The summed E-state index contributed by atoms with van der Waals surface area (Å²) < 4.78 is 12.0. The first-order valence-electron chi connectivity index (χ1n) is 3.58. The lowest BCUT2D eigenvalue weighted by molar-refractivity contribution is 0.429. The Balaban J connectivity index is 3.04. The normalized spacial score (nSPS) is 14.6. The Morgan fingerprint density at radius 1 is 1.56 bits per heavy atom. The molecule has 0 saturated heterocycles. The topological polar surface area (TPSA) is 0 Å². The van der Waals surface area contributed by atoms with E-state index in [1.807, 2.05) is 6.08 Å². The number of alkyl halides is 1. The second-order valence-electron chi connectivity index (χ2n) is 2.25. The van der Waals surface area contributed by atoms with Crippen LogP contribution in [0.2, 0.25) is 0 Å². The first-order chi connectivity index (χ1) is 4.27. The van der Waals surface area contributed by atoms with Crippen LogP contribution in [0.25, 0.3) is 0 Å². The Labute approximate surface area is 56.8 Å². The molecule has 0 aromatic carbocycles. The van der Waals surface area contributed by atoms with Gasteiger partial charge in [-0.2, -0.15) is 0 Å². The van der Waals surface area contributed by atoms with Crippen LogP contribution < -0.4 is 0 Å². The molecular formula is C8H15F. The van der Waals surface area contributed by atoms with Gasteiger partial charge >= 0.3 is 0 Å². The molecule has 0 rings (SSSR count). The van der Waals surface area contributed by atoms with Crippen molar-refractivity contribution >= 4 is 0 Å². The largest absolute Gasteiger partial charge is 0.243 e. The summed E-state index contributed by atoms with van der Waals surface area (Å²) in [7, 11) is 0. The Bertz CT molecular complexity index is 74.6. The molecule has 0 aliphatic carbocycles. The molecule has 0 nitrogen and oxygen atoms in total. The number of hydrogen-bond donors (Lipinski definition) is 0. The molecule has 0 aromatic heterocycles. The quantitative estimate of drug-likeness (QED) is 0.405. The van der Waals surface area contributed by atoms with Crippen molar-refractivity contribution in [2.45, 2.75) is 39.3 Å². The summed E-state index contributed by atoms with van der Waals surface area (Å²) in [6, 6.07) is 0. The van der Waals surface area contributed by atoms with E-state index in [-0.39, 0.29) is 0 Å². The van der Waals surface area contributed by atoms with Gasteiger partial charge in [-0.3, -0.25) is 0 Å². The van der Waals surface area contributed by atoms with E-state index < -0.39 is 6.17 Å². The zero-order chi connectivity index (χ0) is 7.11. The summed E-state index contributed by atoms with van der Waals surface area (Å²) in [6.07, 6.45) is 6.12. The molecule has 0 heterocycles. The molecule has 0 aliphatic rings. The van der Waals surface area contributed by atoms with E-state index in [9.17, 15) is 4.39 Å². The molecular weight excluding hydrogens is 115 g/mol. The minimum absolute atomic E-state index is 0.776. The fourth-order valence-corrected chi connectivity index (χ4v) is 0.606. The van der Waals surface area contributed by atoms with Crippen molar-refractivity contribution < 1.29 is 4.39 Å². The lowest BCUT2D eigenvalue weighted by Gasteiger charge is -1.89. The number of allylic oxidation sites excluding steroid dienone is 2. The molecule has 0 radical (unpaired) electrons. The van der Waals surface area contributed by atoms with Gasteiger partial charge < -0.3 is 0 Å². The van der Waals surface area contributed by atoms with E-state index in [0.29, 0.717) is 0 Å². The lowest BCUT2D eigenvalue weighted by atomic mass is 10.2. The van der Waals surface area contributed by atoms with Crippen LogP contribution >= 0.6 is 0 Å². The monoisotopic (exact) mass is 130 g/mol. The zero-order valence-corrected chi connectivity index (χ0v) is 6.23. The average Bonchev–Trinajstić information content (AvgIpc) is 1.80. The maximum Gasteiger partial charge on any atom is 0.115 e. The molecule has 0 fully saturated rings. The number of unbranched alkanes of at least 4 members (excludes halogenated alkanes) is 2. The minimum Gasteiger partial charge on any atom is -0.243 e. The first kappa shape index (κ1) is 8.67. The van der Waals surface area contributed by atoms with Gasteiger partial charge in [-0.25, -0.2) is 4.39 Å². The SMILES string of the molecule is CCCC/C=C\C(C)F. The van der Waals surface area contributed by atoms with Gasteiger partial charge in [-0.05, 0) is 13.3 Å². The maximum absolute atomic E-state index is 12.0. The molecule has 9 heavy (non-hydrogen) atoms. The summed E-state index contributed by atoms with van der Waals surface area (Å²) in [5.74, 6) is 0. The summed E-state index contributed by atoms with van der Waals surface area (Å²) in [5.41, 5.74) is 0.